The summed E-state index contributed by atoms with van der Waals surface area (Å²) in [5.41, 5.74) is 0.790. The van der Waals surface area contributed by atoms with Gasteiger partial charge in [0, 0.05) is 24.1 Å². The molecule has 0 bridgehead atoms. The number of imidazole rings is 1. The van der Waals surface area contributed by atoms with Crippen molar-refractivity contribution in [1.82, 2.24) is 14.3 Å². The second-order valence-electron chi connectivity index (χ2n) is 5.61. The predicted octanol–water partition coefficient (Wildman–Crippen LogP) is 3.24. The van der Waals surface area contributed by atoms with Crippen molar-refractivity contribution in [2.24, 2.45) is 10.2 Å². The SMILES string of the molecule is CCC[n+]1ccn(CCCCl)c1N=Nc1cnn2c1NCCC2. The second kappa shape index (κ2) is 7.59. The Morgan fingerprint density at radius 3 is 3.17 bits per heavy atom. The Morgan fingerprint density at radius 1 is 1.43 bits per heavy atom. The van der Waals surface area contributed by atoms with Crippen molar-refractivity contribution in [3.05, 3.63) is 18.6 Å². The quantitative estimate of drug-likeness (QED) is 0.479. The first-order chi connectivity index (χ1) is 11.3. The normalized spacial score (nSPS) is 14.2. The molecule has 3 rings (SSSR count). The molecule has 0 unspecified atom stereocenters. The third-order valence-corrected chi connectivity index (χ3v) is 4.11. The van der Waals surface area contributed by atoms with E-state index in [0.717, 1.165) is 62.9 Å². The molecule has 0 spiro atoms. The number of fused-ring (bicyclic) bond motifs is 1. The molecule has 0 radical (unpaired) electrons. The molecule has 1 N–H and O–H groups in total. The lowest BCUT2D eigenvalue weighted by Gasteiger charge is -2.15. The highest BCUT2D eigenvalue weighted by Crippen LogP contribution is 2.28. The molecule has 8 heteroatoms. The molecule has 0 amide bonds. The maximum atomic E-state index is 5.82. The molecule has 2 aromatic rings. The van der Waals surface area contributed by atoms with Gasteiger partial charge in [0.15, 0.2) is 11.5 Å². The van der Waals surface area contributed by atoms with Crippen molar-refractivity contribution in [3.63, 3.8) is 0 Å². The summed E-state index contributed by atoms with van der Waals surface area (Å²) in [6, 6.07) is 0. The van der Waals surface area contributed by atoms with E-state index >= 15 is 0 Å². The molecular formula is C15H23ClN7+. The Morgan fingerprint density at radius 2 is 2.35 bits per heavy atom. The van der Waals surface area contributed by atoms with E-state index in [1.165, 1.54) is 0 Å². The molecule has 2 aromatic heterocycles. The van der Waals surface area contributed by atoms with Crippen molar-refractivity contribution < 1.29 is 4.57 Å². The molecule has 0 aliphatic carbocycles. The topological polar surface area (TPSA) is 63.4 Å². The number of anilines is 1. The molecule has 0 atom stereocenters. The van der Waals surface area contributed by atoms with E-state index in [4.69, 9.17) is 11.6 Å². The minimum atomic E-state index is 0.642. The number of hydrogen-bond donors (Lipinski definition) is 1. The number of rotatable bonds is 7. The van der Waals surface area contributed by atoms with E-state index in [1.807, 2.05) is 10.9 Å². The van der Waals surface area contributed by atoms with Crippen LogP contribution in [-0.2, 0) is 19.6 Å². The van der Waals surface area contributed by atoms with Crippen LogP contribution in [0.25, 0.3) is 0 Å². The molecule has 0 fully saturated rings. The van der Waals surface area contributed by atoms with Gasteiger partial charge in [0.05, 0.1) is 31.7 Å². The first kappa shape index (κ1) is 16.0. The monoisotopic (exact) mass is 336 g/mol. The first-order valence-electron chi connectivity index (χ1n) is 8.19. The van der Waals surface area contributed by atoms with Crippen LogP contribution in [0.15, 0.2) is 28.8 Å². The zero-order chi connectivity index (χ0) is 16.1. The largest absolute Gasteiger partial charge is 0.421 e. The standard InChI is InChI=1S/C15H22ClN7/c1-2-7-21-10-11-22(8-3-5-16)15(21)20-19-13-12-18-23-9-4-6-17-14(13)23/h10-12H,2-9H2,1H3/p+1. The van der Waals surface area contributed by atoms with Crippen molar-refractivity contribution in [3.8, 4) is 0 Å². The van der Waals surface area contributed by atoms with Gasteiger partial charge in [-0.1, -0.05) is 12.0 Å². The van der Waals surface area contributed by atoms with Crippen LogP contribution in [0, 0.1) is 0 Å². The summed E-state index contributed by atoms with van der Waals surface area (Å²) in [6.07, 6.45) is 8.92. The Labute approximate surface area is 141 Å². The van der Waals surface area contributed by atoms with Crippen molar-refractivity contribution in [1.29, 1.82) is 0 Å². The van der Waals surface area contributed by atoms with Gasteiger partial charge in [-0.15, -0.1) is 11.6 Å². The van der Waals surface area contributed by atoms with Crippen molar-refractivity contribution in [2.75, 3.05) is 17.7 Å². The fraction of sp³-hybridized carbons (Fsp3) is 0.600. The third-order valence-electron chi connectivity index (χ3n) is 3.84. The summed E-state index contributed by atoms with van der Waals surface area (Å²) in [7, 11) is 0. The molecule has 0 aromatic carbocycles. The van der Waals surface area contributed by atoms with E-state index in [-0.39, 0.29) is 0 Å². The number of alkyl halides is 1. The summed E-state index contributed by atoms with van der Waals surface area (Å²) in [6.45, 7) is 5.81. The van der Waals surface area contributed by atoms with E-state index in [2.05, 4.69) is 42.9 Å². The molecule has 7 nitrogen and oxygen atoms in total. The summed E-state index contributed by atoms with van der Waals surface area (Å²) >= 11 is 5.82. The predicted molar refractivity (Wildman–Crippen MR) is 89.8 cm³/mol. The summed E-state index contributed by atoms with van der Waals surface area (Å²) in [4.78, 5) is 0. The Hall–Kier alpha value is -1.89. The van der Waals surface area contributed by atoms with Crippen molar-refractivity contribution in [2.45, 2.75) is 45.8 Å². The van der Waals surface area contributed by atoms with Crippen LogP contribution >= 0.6 is 11.6 Å². The maximum Gasteiger partial charge on any atom is 0.421 e. The minimum absolute atomic E-state index is 0.642. The van der Waals surface area contributed by atoms with Gasteiger partial charge in [0.25, 0.3) is 0 Å². The van der Waals surface area contributed by atoms with E-state index in [1.54, 1.807) is 6.20 Å². The highest BCUT2D eigenvalue weighted by molar-refractivity contribution is 6.17. The van der Waals surface area contributed by atoms with Crippen LogP contribution in [0.1, 0.15) is 26.2 Å². The Bertz CT molecular complexity index is 673. The number of hydrogen-bond acceptors (Lipinski definition) is 4. The van der Waals surface area contributed by atoms with Gasteiger partial charge < -0.3 is 5.32 Å². The van der Waals surface area contributed by atoms with Gasteiger partial charge >= 0.3 is 5.95 Å². The molecule has 124 valence electrons. The van der Waals surface area contributed by atoms with E-state index < -0.39 is 0 Å². The van der Waals surface area contributed by atoms with Crippen LogP contribution in [-0.4, -0.2) is 26.8 Å². The minimum Gasteiger partial charge on any atom is -0.368 e. The van der Waals surface area contributed by atoms with Gasteiger partial charge in [-0.25, -0.2) is 13.8 Å². The number of aromatic nitrogens is 4. The van der Waals surface area contributed by atoms with Crippen LogP contribution in [0.5, 0.6) is 0 Å². The van der Waals surface area contributed by atoms with Crippen LogP contribution in [0.4, 0.5) is 17.5 Å². The zero-order valence-corrected chi connectivity index (χ0v) is 14.2. The lowest BCUT2D eigenvalue weighted by molar-refractivity contribution is -0.683. The molecule has 1 aliphatic rings. The lowest BCUT2D eigenvalue weighted by Crippen LogP contribution is -2.31. The van der Waals surface area contributed by atoms with Gasteiger partial charge in [0.2, 0.25) is 0 Å². The van der Waals surface area contributed by atoms with Gasteiger partial charge in [-0.3, -0.25) is 0 Å². The molecule has 23 heavy (non-hydrogen) atoms. The van der Waals surface area contributed by atoms with E-state index in [9.17, 15) is 0 Å². The van der Waals surface area contributed by atoms with Crippen molar-refractivity contribution >= 4 is 29.1 Å². The van der Waals surface area contributed by atoms with Crippen LogP contribution in [0.2, 0.25) is 0 Å². The lowest BCUT2D eigenvalue weighted by atomic mass is 10.3. The van der Waals surface area contributed by atoms with Crippen LogP contribution in [0.3, 0.4) is 0 Å². The summed E-state index contributed by atoms with van der Waals surface area (Å²) in [5, 5.41) is 16.6. The summed E-state index contributed by atoms with van der Waals surface area (Å²) in [5.74, 6) is 2.46. The fourth-order valence-corrected chi connectivity index (χ4v) is 2.85. The summed E-state index contributed by atoms with van der Waals surface area (Å²) < 4.78 is 6.18. The molecule has 0 saturated carbocycles. The molecule has 3 heterocycles. The van der Waals surface area contributed by atoms with Gasteiger partial charge in [-0.05, 0) is 19.3 Å². The third kappa shape index (κ3) is 3.55. The van der Waals surface area contributed by atoms with E-state index in [0.29, 0.717) is 5.88 Å². The van der Waals surface area contributed by atoms with Crippen LogP contribution < -0.4 is 9.88 Å². The maximum absolute atomic E-state index is 5.82. The molecular weight excluding hydrogens is 314 g/mol. The number of aryl methyl sites for hydroxylation is 3. The average molecular weight is 337 g/mol. The smallest absolute Gasteiger partial charge is 0.368 e. The number of halogens is 1. The number of nitrogens with one attached hydrogen (secondary N) is 1. The second-order valence-corrected chi connectivity index (χ2v) is 5.99. The Balaban J connectivity index is 1.85. The highest BCUT2D eigenvalue weighted by atomic mass is 35.5. The highest BCUT2D eigenvalue weighted by Gasteiger charge is 2.19. The first-order valence-corrected chi connectivity index (χ1v) is 8.73. The Kier molecular flexibility index (Phi) is 5.27. The number of nitrogens with zero attached hydrogens (tertiary/aromatic N) is 6. The molecule has 1 aliphatic heterocycles. The zero-order valence-electron chi connectivity index (χ0n) is 13.5. The molecule has 0 saturated heterocycles. The number of azo groups is 1. The fourth-order valence-electron chi connectivity index (χ4n) is 2.73. The van der Waals surface area contributed by atoms with Gasteiger partial charge in [-0.2, -0.15) is 5.10 Å². The van der Waals surface area contributed by atoms with Gasteiger partial charge in [0.1, 0.15) is 0 Å². The average Bonchev–Trinajstić information content (AvgIpc) is 3.15.